The number of imidazole rings is 1. The van der Waals surface area contributed by atoms with E-state index in [-0.39, 0.29) is 30.3 Å². The van der Waals surface area contributed by atoms with Crippen LogP contribution in [0.5, 0.6) is 0 Å². The molecule has 0 spiro atoms. The Balaban J connectivity index is 1.54. The number of hydrogen-bond donors (Lipinski definition) is 0. The lowest BCUT2D eigenvalue weighted by Crippen LogP contribution is -2.44. The zero-order valence-corrected chi connectivity index (χ0v) is 24.2. The van der Waals surface area contributed by atoms with Crippen LogP contribution in [0.3, 0.4) is 0 Å². The number of nitrogens with zero attached hydrogens (tertiary/aromatic N) is 4. The standard InChI is InChI=1S/C32H35ClN4O3/c1-5-23-12-10-11-21(2)31(23)37(22(3)20-40-4)30(39)19-36-28-16-9-7-14-26(28)34-32(36)24-17-29(38)35(18-24)27-15-8-6-13-25(27)33/h6-16,22,24H,5,17-20H2,1-4H3. The Bertz CT molecular complexity index is 1550. The third kappa shape index (κ3) is 5.23. The van der Waals surface area contributed by atoms with Gasteiger partial charge in [-0.05, 0) is 55.7 Å². The Morgan fingerprint density at radius 2 is 1.88 bits per heavy atom. The SMILES string of the molecule is CCc1cccc(C)c1N(C(=O)Cn1c(C2CC(=O)N(c3ccccc3Cl)C2)nc2ccccc21)C(C)COC. The molecule has 40 heavy (non-hydrogen) atoms. The number of aryl methyl sites for hydroxylation is 2. The Morgan fingerprint density at radius 3 is 2.62 bits per heavy atom. The number of carbonyl (C=O) groups is 2. The maximum atomic E-state index is 14.3. The summed E-state index contributed by atoms with van der Waals surface area (Å²) in [6.07, 6.45) is 1.10. The van der Waals surface area contributed by atoms with Crippen molar-refractivity contribution in [3.05, 3.63) is 88.7 Å². The summed E-state index contributed by atoms with van der Waals surface area (Å²) >= 11 is 6.44. The van der Waals surface area contributed by atoms with E-state index in [0.29, 0.717) is 30.3 Å². The number of fused-ring (bicyclic) bond motifs is 1. The minimum absolute atomic E-state index is 0.00845. The molecule has 0 saturated carbocycles. The van der Waals surface area contributed by atoms with Crippen molar-refractivity contribution in [1.29, 1.82) is 0 Å². The monoisotopic (exact) mass is 558 g/mol. The summed E-state index contributed by atoms with van der Waals surface area (Å²) in [6, 6.07) is 21.2. The molecule has 0 aliphatic carbocycles. The normalized spacial score (nSPS) is 16.1. The molecule has 0 radical (unpaired) electrons. The minimum Gasteiger partial charge on any atom is -0.383 e. The van der Waals surface area contributed by atoms with Gasteiger partial charge in [0.25, 0.3) is 0 Å². The van der Waals surface area contributed by atoms with Gasteiger partial charge in [0.2, 0.25) is 11.8 Å². The van der Waals surface area contributed by atoms with Gasteiger partial charge in [0, 0.05) is 26.0 Å². The molecule has 0 bridgehead atoms. The number of ether oxygens (including phenoxy) is 1. The molecular formula is C32H35ClN4O3. The number of methoxy groups -OCH3 is 1. The van der Waals surface area contributed by atoms with Crippen LogP contribution in [0, 0.1) is 6.92 Å². The molecule has 1 fully saturated rings. The van der Waals surface area contributed by atoms with E-state index in [9.17, 15) is 9.59 Å². The van der Waals surface area contributed by atoms with Crippen LogP contribution in [0.25, 0.3) is 11.0 Å². The van der Waals surface area contributed by atoms with E-state index in [1.807, 2.05) is 77.9 Å². The third-order valence-electron chi connectivity index (χ3n) is 7.67. The second-order valence-electron chi connectivity index (χ2n) is 10.4. The number of benzene rings is 3. The van der Waals surface area contributed by atoms with Crippen LogP contribution in [0.15, 0.2) is 66.7 Å². The molecule has 7 nitrogen and oxygen atoms in total. The van der Waals surface area contributed by atoms with Gasteiger partial charge in [0.05, 0.1) is 40.1 Å². The lowest BCUT2D eigenvalue weighted by molar-refractivity contribution is -0.120. The van der Waals surface area contributed by atoms with Gasteiger partial charge in [-0.2, -0.15) is 0 Å². The van der Waals surface area contributed by atoms with Gasteiger partial charge in [0.1, 0.15) is 12.4 Å². The van der Waals surface area contributed by atoms with Crippen LogP contribution < -0.4 is 9.80 Å². The van der Waals surface area contributed by atoms with Crippen molar-refractivity contribution in [2.45, 2.75) is 52.1 Å². The van der Waals surface area contributed by atoms with E-state index >= 15 is 0 Å². The fourth-order valence-electron chi connectivity index (χ4n) is 5.82. The topological polar surface area (TPSA) is 67.7 Å². The van der Waals surface area contributed by atoms with E-state index in [0.717, 1.165) is 40.1 Å². The maximum absolute atomic E-state index is 14.3. The Kier molecular flexibility index (Phi) is 8.24. The Morgan fingerprint density at radius 1 is 1.12 bits per heavy atom. The number of rotatable bonds is 9. The molecule has 5 rings (SSSR count). The smallest absolute Gasteiger partial charge is 0.247 e. The van der Waals surface area contributed by atoms with Gasteiger partial charge in [-0.25, -0.2) is 4.98 Å². The second kappa shape index (κ2) is 11.8. The van der Waals surface area contributed by atoms with Crippen LogP contribution in [-0.2, 0) is 27.3 Å². The fraction of sp³-hybridized carbons (Fsp3) is 0.344. The van der Waals surface area contributed by atoms with Gasteiger partial charge in [-0.1, -0.05) is 61.0 Å². The van der Waals surface area contributed by atoms with E-state index in [2.05, 4.69) is 13.0 Å². The fourth-order valence-corrected chi connectivity index (χ4v) is 6.06. The highest BCUT2D eigenvalue weighted by molar-refractivity contribution is 6.33. The second-order valence-corrected chi connectivity index (χ2v) is 10.8. The van der Waals surface area contributed by atoms with E-state index in [1.54, 1.807) is 18.1 Å². The molecule has 208 valence electrons. The summed E-state index contributed by atoms with van der Waals surface area (Å²) in [7, 11) is 1.65. The van der Waals surface area contributed by atoms with Gasteiger partial charge in [-0.15, -0.1) is 0 Å². The van der Waals surface area contributed by atoms with Crippen molar-refractivity contribution < 1.29 is 14.3 Å². The van der Waals surface area contributed by atoms with Crippen molar-refractivity contribution in [2.75, 3.05) is 30.1 Å². The lowest BCUT2D eigenvalue weighted by Gasteiger charge is -2.32. The van der Waals surface area contributed by atoms with Gasteiger partial charge >= 0.3 is 0 Å². The molecular weight excluding hydrogens is 524 g/mol. The summed E-state index contributed by atoms with van der Waals surface area (Å²) in [5, 5.41) is 0.535. The van der Waals surface area contributed by atoms with Crippen molar-refractivity contribution in [2.24, 2.45) is 0 Å². The highest BCUT2D eigenvalue weighted by atomic mass is 35.5. The molecule has 3 aromatic carbocycles. The largest absolute Gasteiger partial charge is 0.383 e. The number of halogens is 1. The van der Waals surface area contributed by atoms with Crippen LogP contribution in [0.4, 0.5) is 11.4 Å². The van der Waals surface area contributed by atoms with E-state index in [1.165, 1.54) is 0 Å². The van der Waals surface area contributed by atoms with Crippen LogP contribution in [-0.4, -0.2) is 47.7 Å². The summed E-state index contributed by atoms with van der Waals surface area (Å²) < 4.78 is 7.48. The molecule has 2 amide bonds. The molecule has 1 aliphatic rings. The average Bonchev–Trinajstić information content (AvgIpc) is 3.50. The van der Waals surface area contributed by atoms with E-state index in [4.69, 9.17) is 21.3 Å². The number of anilines is 2. The number of para-hydroxylation sites is 4. The summed E-state index contributed by atoms with van der Waals surface area (Å²) in [4.78, 5) is 36.0. The number of hydrogen-bond acceptors (Lipinski definition) is 4. The third-order valence-corrected chi connectivity index (χ3v) is 7.99. The number of carbonyl (C=O) groups excluding carboxylic acids is 2. The zero-order valence-electron chi connectivity index (χ0n) is 23.4. The van der Waals surface area contributed by atoms with Crippen molar-refractivity contribution in [3.8, 4) is 0 Å². The first kappa shape index (κ1) is 27.9. The van der Waals surface area contributed by atoms with Crippen LogP contribution >= 0.6 is 11.6 Å². The predicted molar refractivity (Wildman–Crippen MR) is 160 cm³/mol. The molecule has 1 aromatic heterocycles. The molecule has 4 aromatic rings. The first-order valence-corrected chi connectivity index (χ1v) is 14.1. The van der Waals surface area contributed by atoms with Gasteiger partial charge in [-0.3, -0.25) is 9.59 Å². The molecule has 1 saturated heterocycles. The Labute approximate surface area is 240 Å². The highest BCUT2D eigenvalue weighted by Gasteiger charge is 2.36. The quantitative estimate of drug-likeness (QED) is 0.247. The number of aromatic nitrogens is 2. The van der Waals surface area contributed by atoms with Gasteiger partial charge in [0.15, 0.2) is 0 Å². The van der Waals surface area contributed by atoms with Crippen molar-refractivity contribution in [1.82, 2.24) is 9.55 Å². The maximum Gasteiger partial charge on any atom is 0.247 e. The summed E-state index contributed by atoms with van der Waals surface area (Å²) in [6.45, 7) is 7.10. The van der Waals surface area contributed by atoms with Crippen LogP contribution in [0.1, 0.15) is 43.1 Å². The van der Waals surface area contributed by atoms with Crippen molar-refractivity contribution in [3.63, 3.8) is 0 Å². The molecule has 2 atom stereocenters. The van der Waals surface area contributed by atoms with Crippen molar-refractivity contribution >= 4 is 45.8 Å². The first-order chi connectivity index (χ1) is 19.3. The Hall–Kier alpha value is -3.68. The number of amides is 2. The highest BCUT2D eigenvalue weighted by Crippen LogP contribution is 2.36. The first-order valence-electron chi connectivity index (χ1n) is 13.7. The predicted octanol–water partition coefficient (Wildman–Crippen LogP) is 6.15. The average molecular weight is 559 g/mol. The molecule has 2 unspecified atom stereocenters. The molecule has 1 aliphatic heterocycles. The lowest BCUT2D eigenvalue weighted by atomic mass is 10.0. The zero-order chi connectivity index (χ0) is 28.4. The van der Waals surface area contributed by atoms with E-state index < -0.39 is 0 Å². The minimum atomic E-state index is -0.182. The summed E-state index contributed by atoms with van der Waals surface area (Å²) in [5.74, 6) is 0.492. The molecule has 8 heteroatoms. The van der Waals surface area contributed by atoms with Gasteiger partial charge < -0.3 is 19.1 Å². The van der Waals surface area contributed by atoms with Crippen LogP contribution in [0.2, 0.25) is 5.02 Å². The molecule has 2 heterocycles. The molecule has 0 N–H and O–H groups in total. The summed E-state index contributed by atoms with van der Waals surface area (Å²) in [5.41, 5.74) is 5.46.